The van der Waals surface area contributed by atoms with E-state index in [0.717, 1.165) is 19.3 Å². The summed E-state index contributed by atoms with van der Waals surface area (Å²) in [4.78, 5) is 24.0. The van der Waals surface area contributed by atoms with E-state index >= 15 is 0 Å². The highest BCUT2D eigenvalue weighted by Gasteiger charge is 2.34. The van der Waals surface area contributed by atoms with Crippen molar-refractivity contribution in [3.05, 3.63) is 0 Å². The third-order valence-corrected chi connectivity index (χ3v) is 2.38. The summed E-state index contributed by atoms with van der Waals surface area (Å²) in [5.74, 6) is -0.0437. The normalized spacial score (nSPS) is 22.2. The Morgan fingerprint density at radius 1 is 1.69 bits per heavy atom. The predicted molar refractivity (Wildman–Crippen MR) is 49.2 cm³/mol. The fraction of sp³-hybridized carbons (Fsp3) is 0.778. The number of nitrogens with one attached hydrogen (secondary N) is 1. The van der Waals surface area contributed by atoms with Gasteiger partial charge in [0.15, 0.2) is 0 Å². The number of rotatable bonds is 2. The van der Waals surface area contributed by atoms with E-state index in [4.69, 9.17) is 0 Å². The van der Waals surface area contributed by atoms with Crippen LogP contribution < -0.4 is 5.32 Å². The number of imide groups is 1. The standard InChI is InChI=1S/C9H16N2O2/c1-3-4-7-5-6-8(12)11(7)9(13)10-2/h7H,3-6H2,1-2H3,(H,10,13). The number of hydrogen-bond acceptors (Lipinski definition) is 2. The molecule has 1 aliphatic heterocycles. The third kappa shape index (κ3) is 1.99. The first-order valence-electron chi connectivity index (χ1n) is 4.74. The SMILES string of the molecule is CCCC1CCC(=O)N1C(=O)NC. The summed E-state index contributed by atoms with van der Waals surface area (Å²) in [6, 6.07) is -0.140. The van der Waals surface area contributed by atoms with Crippen LogP contribution in [-0.2, 0) is 4.79 Å². The lowest BCUT2D eigenvalue weighted by molar-refractivity contribution is -0.126. The van der Waals surface area contributed by atoms with Crippen molar-refractivity contribution in [2.45, 2.75) is 38.6 Å². The molecule has 1 fully saturated rings. The van der Waals surface area contributed by atoms with Crippen molar-refractivity contribution in [3.8, 4) is 0 Å². The molecule has 13 heavy (non-hydrogen) atoms. The van der Waals surface area contributed by atoms with E-state index in [2.05, 4.69) is 12.2 Å². The van der Waals surface area contributed by atoms with Crippen LogP contribution in [0, 0.1) is 0 Å². The Bertz CT molecular complexity index is 216. The van der Waals surface area contributed by atoms with Crippen molar-refractivity contribution in [1.82, 2.24) is 10.2 Å². The van der Waals surface area contributed by atoms with Gasteiger partial charge in [0.25, 0.3) is 0 Å². The molecule has 1 atom stereocenters. The number of amides is 3. The van der Waals surface area contributed by atoms with Crippen molar-refractivity contribution >= 4 is 11.9 Å². The van der Waals surface area contributed by atoms with Crippen molar-refractivity contribution in [2.75, 3.05) is 7.05 Å². The Labute approximate surface area is 78.3 Å². The number of likely N-dealkylation sites (tertiary alicyclic amines) is 1. The zero-order valence-corrected chi connectivity index (χ0v) is 8.17. The van der Waals surface area contributed by atoms with Crippen LogP contribution in [0.5, 0.6) is 0 Å². The minimum Gasteiger partial charge on any atom is -0.341 e. The molecule has 3 amide bonds. The summed E-state index contributed by atoms with van der Waals surface area (Å²) in [5, 5.41) is 2.49. The highest BCUT2D eigenvalue weighted by atomic mass is 16.2. The number of urea groups is 1. The van der Waals surface area contributed by atoms with Crippen molar-refractivity contribution in [2.24, 2.45) is 0 Å². The molecule has 4 heteroatoms. The van der Waals surface area contributed by atoms with Crippen molar-refractivity contribution in [3.63, 3.8) is 0 Å². The summed E-state index contributed by atoms with van der Waals surface area (Å²) in [7, 11) is 1.55. The van der Waals surface area contributed by atoms with E-state index < -0.39 is 0 Å². The minimum atomic E-state index is -0.263. The van der Waals surface area contributed by atoms with Gasteiger partial charge in [-0.2, -0.15) is 0 Å². The zero-order chi connectivity index (χ0) is 9.84. The summed E-state index contributed by atoms with van der Waals surface area (Å²) < 4.78 is 0. The fourth-order valence-corrected chi connectivity index (χ4v) is 1.75. The molecule has 0 aromatic heterocycles. The molecule has 1 rings (SSSR count). The number of carbonyl (C=O) groups excluding carboxylic acids is 2. The average molecular weight is 184 g/mol. The van der Waals surface area contributed by atoms with Gasteiger partial charge >= 0.3 is 6.03 Å². The van der Waals surface area contributed by atoms with Gasteiger partial charge in [-0.1, -0.05) is 13.3 Å². The number of carbonyl (C=O) groups is 2. The molecule has 1 N–H and O–H groups in total. The largest absolute Gasteiger partial charge is 0.341 e. The van der Waals surface area contributed by atoms with Gasteiger partial charge in [0, 0.05) is 19.5 Å². The molecule has 0 aromatic rings. The number of nitrogens with zero attached hydrogens (tertiary/aromatic N) is 1. The molecular weight excluding hydrogens is 168 g/mol. The maximum absolute atomic E-state index is 11.3. The first-order chi connectivity index (χ1) is 6.20. The Hall–Kier alpha value is -1.06. The fourth-order valence-electron chi connectivity index (χ4n) is 1.75. The van der Waals surface area contributed by atoms with Gasteiger partial charge in [-0.25, -0.2) is 4.79 Å². The lowest BCUT2D eigenvalue weighted by Crippen LogP contribution is -2.43. The van der Waals surface area contributed by atoms with E-state index in [0.29, 0.717) is 6.42 Å². The van der Waals surface area contributed by atoms with Crippen LogP contribution in [0.4, 0.5) is 4.79 Å². The van der Waals surface area contributed by atoms with E-state index in [-0.39, 0.29) is 18.0 Å². The van der Waals surface area contributed by atoms with Crippen LogP contribution >= 0.6 is 0 Å². The first-order valence-corrected chi connectivity index (χ1v) is 4.74. The van der Waals surface area contributed by atoms with Crippen molar-refractivity contribution < 1.29 is 9.59 Å². The van der Waals surface area contributed by atoms with Gasteiger partial charge < -0.3 is 5.32 Å². The van der Waals surface area contributed by atoms with Crippen LogP contribution in [0.2, 0.25) is 0 Å². The first kappa shape index (κ1) is 10.0. The van der Waals surface area contributed by atoms with Gasteiger partial charge in [-0.05, 0) is 12.8 Å². The Balaban J connectivity index is 2.65. The molecule has 0 bridgehead atoms. The average Bonchev–Trinajstić information content (AvgIpc) is 2.47. The smallest absolute Gasteiger partial charge is 0.324 e. The molecule has 0 radical (unpaired) electrons. The molecule has 74 valence electrons. The lowest BCUT2D eigenvalue weighted by Gasteiger charge is -2.21. The summed E-state index contributed by atoms with van der Waals surface area (Å²) in [6.45, 7) is 2.06. The van der Waals surface area contributed by atoms with E-state index in [1.54, 1.807) is 7.05 Å². The minimum absolute atomic E-state index is 0.0437. The Morgan fingerprint density at radius 3 is 2.92 bits per heavy atom. The van der Waals surface area contributed by atoms with Crippen LogP contribution in [0.25, 0.3) is 0 Å². The van der Waals surface area contributed by atoms with Crippen LogP contribution in [0.1, 0.15) is 32.6 Å². The molecule has 1 aliphatic rings. The topological polar surface area (TPSA) is 49.4 Å². The second-order valence-electron chi connectivity index (χ2n) is 3.30. The molecule has 0 aromatic carbocycles. The molecule has 0 saturated carbocycles. The summed E-state index contributed by atoms with van der Waals surface area (Å²) in [5.41, 5.74) is 0. The highest BCUT2D eigenvalue weighted by molar-refractivity contribution is 5.96. The molecule has 0 spiro atoms. The lowest BCUT2D eigenvalue weighted by atomic mass is 10.1. The van der Waals surface area contributed by atoms with Gasteiger partial charge in [0.1, 0.15) is 0 Å². The Morgan fingerprint density at radius 2 is 2.38 bits per heavy atom. The quantitative estimate of drug-likeness (QED) is 0.699. The maximum Gasteiger partial charge on any atom is 0.324 e. The van der Waals surface area contributed by atoms with E-state index in [9.17, 15) is 9.59 Å². The second kappa shape index (κ2) is 4.25. The van der Waals surface area contributed by atoms with Crippen LogP contribution in [-0.4, -0.2) is 29.9 Å². The predicted octanol–water partition coefficient (Wildman–Crippen LogP) is 1.12. The summed E-state index contributed by atoms with van der Waals surface area (Å²) >= 11 is 0. The van der Waals surface area contributed by atoms with Gasteiger partial charge in [-0.15, -0.1) is 0 Å². The monoisotopic (exact) mass is 184 g/mol. The van der Waals surface area contributed by atoms with Crippen LogP contribution in [0.15, 0.2) is 0 Å². The third-order valence-electron chi connectivity index (χ3n) is 2.38. The molecule has 1 unspecified atom stereocenters. The molecule has 4 nitrogen and oxygen atoms in total. The molecule has 1 heterocycles. The van der Waals surface area contributed by atoms with E-state index in [1.165, 1.54) is 4.90 Å². The molecule has 0 aliphatic carbocycles. The van der Waals surface area contributed by atoms with Gasteiger partial charge in [-0.3, -0.25) is 9.69 Å². The highest BCUT2D eigenvalue weighted by Crippen LogP contribution is 2.22. The molecule has 1 saturated heterocycles. The number of hydrogen-bond donors (Lipinski definition) is 1. The maximum atomic E-state index is 11.3. The van der Waals surface area contributed by atoms with Crippen LogP contribution in [0.3, 0.4) is 0 Å². The summed E-state index contributed by atoms with van der Waals surface area (Å²) in [6.07, 6.45) is 3.25. The van der Waals surface area contributed by atoms with Gasteiger partial charge in [0.05, 0.1) is 0 Å². The zero-order valence-electron chi connectivity index (χ0n) is 8.17. The second-order valence-corrected chi connectivity index (χ2v) is 3.30. The van der Waals surface area contributed by atoms with E-state index in [1.807, 2.05) is 0 Å². The Kier molecular flexibility index (Phi) is 3.28. The van der Waals surface area contributed by atoms with Gasteiger partial charge in [0.2, 0.25) is 5.91 Å². The molecular formula is C9H16N2O2. The van der Waals surface area contributed by atoms with Crippen molar-refractivity contribution in [1.29, 1.82) is 0 Å².